The molecule has 0 aliphatic rings. The Balaban J connectivity index is 0.000000109. The molecule has 0 spiro atoms. The lowest BCUT2D eigenvalue weighted by Crippen LogP contribution is -2.00. The highest BCUT2D eigenvalue weighted by Gasteiger charge is 2.24. The minimum absolute atomic E-state index is 0.495. The van der Waals surface area contributed by atoms with E-state index in [0.29, 0.717) is 80.5 Å². The first-order valence-electron chi connectivity index (χ1n) is 44.8. The van der Waals surface area contributed by atoms with Gasteiger partial charge in [0.1, 0.15) is 45.2 Å². The Morgan fingerprint density at radius 3 is 0.964 bits per heavy atom. The number of nitrogens with zero attached hydrogens (tertiary/aromatic N) is 16. The third-order valence-electron chi connectivity index (χ3n) is 24.6. The van der Waals surface area contributed by atoms with Crippen LogP contribution in [0.1, 0.15) is 0 Å². The van der Waals surface area contributed by atoms with Gasteiger partial charge in [-0.3, -0.25) is 0 Å². The van der Waals surface area contributed by atoms with Crippen LogP contribution in [0.4, 0.5) is 0 Å². The highest BCUT2D eigenvalue weighted by molar-refractivity contribution is 6.22. The quantitative estimate of drug-likeness (QED) is 0.104. The molecule has 10 heterocycles. The fourth-order valence-electron chi connectivity index (χ4n) is 17.8. The molecule has 137 heavy (non-hydrogen) atoms. The van der Waals surface area contributed by atoms with Crippen LogP contribution in [-0.4, -0.2) is 79.7 Å². The topological polar surface area (TPSA) is 246 Å². The molecule has 27 aromatic rings. The van der Waals surface area contributed by atoms with E-state index in [-0.39, 0.29) is 0 Å². The van der Waals surface area contributed by atoms with E-state index in [9.17, 15) is 0 Å². The zero-order valence-corrected chi connectivity index (χ0v) is 72.8. The molecule has 0 bridgehead atoms. The molecular formula is C118H70N16O3. The van der Waals surface area contributed by atoms with E-state index in [1.165, 1.54) is 11.1 Å². The van der Waals surface area contributed by atoms with Crippen LogP contribution in [0, 0.1) is 0 Å². The average Bonchev–Trinajstić information content (AvgIpc) is 1.61. The molecule has 0 unspecified atom stereocenters. The molecule has 640 valence electrons. The number of hydrogen-bond donors (Lipinski definition) is 0. The van der Waals surface area contributed by atoms with Gasteiger partial charge < -0.3 is 13.3 Å². The molecule has 17 aromatic carbocycles. The van der Waals surface area contributed by atoms with Crippen molar-refractivity contribution >= 4 is 121 Å². The molecule has 0 atom stereocenters. The molecule has 19 heteroatoms. The van der Waals surface area contributed by atoms with Crippen molar-refractivity contribution < 1.29 is 13.3 Å². The Morgan fingerprint density at radius 2 is 0.526 bits per heavy atom. The minimum atomic E-state index is 0.495. The predicted molar refractivity (Wildman–Crippen MR) is 544 cm³/mol. The zero-order chi connectivity index (χ0) is 90.6. The Hall–Kier alpha value is -19.1. The van der Waals surface area contributed by atoms with Crippen molar-refractivity contribution in [3.8, 4) is 147 Å². The monoisotopic (exact) mass is 1760 g/mol. The summed E-state index contributed by atoms with van der Waals surface area (Å²) in [5.41, 5.74) is 26.5. The van der Waals surface area contributed by atoms with Gasteiger partial charge in [-0.05, 0) is 121 Å². The second-order valence-electron chi connectivity index (χ2n) is 33.2. The third kappa shape index (κ3) is 15.4. The molecule has 0 saturated carbocycles. The third-order valence-corrected chi connectivity index (χ3v) is 24.6. The van der Waals surface area contributed by atoms with Gasteiger partial charge in [-0.25, -0.2) is 79.7 Å². The Bertz CT molecular complexity index is 8950. The molecular weight excluding hydrogens is 1690 g/mol. The standard InChI is InChI=1S/C41H25N5O.C39H23N5O.C38H22N6O/c1-3-9-26(10-4-1)27-15-19-30(20-16-27)40-44-39(29-11-5-2-6-12-29)45-41(46-40)31-21-17-28(18-22-31)34-23-32-24-42-25-43-37(32)36-33-13-7-8-14-35(33)47-38(34)36;1-3-9-24(10-4-1)25-15-17-27(18-16-25)37-42-36(26-11-5-2-6-12-26)43-38(44-37)29-19-21-30-28(23-29)20-22-33-34(30)35-39(45-33)41-32-14-8-7-13-31(32)40-35;1-3-8-23(9-4-1)24-13-15-26(16-14-24)35-42-34(25-10-5-2-6-11-25)43-36(44-35)28-17-19-29-27(22-28)18-20-31-32(29)33-38(45-31)40-30-12-7-21-39-37(30)41-33/h1-25H;1-23H;1-22H. The van der Waals surface area contributed by atoms with Crippen molar-refractivity contribution in [1.82, 2.24) is 79.7 Å². The highest BCUT2D eigenvalue weighted by Crippen LogP contribution is 2.44. The second-order valence-corrected chi connectivity index (χ2v) is 33.2. The summed E-state index contributed by atoms with van der Waals surface area (Å²) in [5, 5.41) is 8.94. The second kappa shape index (κ2) is 34.3. The highest BCUT2D eigenvalue weighted by atomic mass is 16.3. The summed E-state index contributed by atoms with van der Waals surface area (Å²) in [6.45, 7) is 0. The van der Waals surface area contributed by atoms with Crippen molar-refractivity contribution in [2.45, 2.75) is 0 Å². The molecule has 0 saturated heterocycles. The summed E-state index contributed by atoms with van der Waals surface area (Å²) in [6.07, 6.45) is 5.16. The van der Waals surface area contributed by atoms with E-state index in [1.54, 1.807) is 12.5 Å². The van der Waals surface area contributed by atoms with Crippen LogP contribution in [-0.2, 0) is 0 Å². The number of para-hydroxylation sites is 3. The Kier molecular flexibility index (Phi) is 20.0. The van der Waals surface area contributed by atoms with Crippen molar-refractivity contribution in [2.75, 3.05) is 0 Å². The summed E-state index contributed by atoms with van der Waals surface area (Å²) in [5.74, 6) is 5.54. The van der Waals surface area contributed by atoms with Crippen molar-refractivity contribution in [3.05, 3.63) is 425 Å². The fraction of sp³-hybridized carbons (Fsp3) is 0. The van der Waals surface area contributed by atoms with Gasteiger partial charge in [0.2, 0.25) is 11.4 Å². The first kappa shape index (κ1) is 80.0. The van der Waals surface area contributed by atoms with Gasteiger partial charge in [0.15, 0.2) is 58.1 Å². The maximum absolute atomic E-state index is 6.43. The van der Waals surface area contributed by atoms with Gasteiger partial charge in [-0.2, -0.15) is 0 Å². The number of fused-ring (bicyclic) bond motifs is 17. The Morgan fingerprint density at radius 1 is 0.190 bits per heavy atom. The van der Waals surface area contributed by atoms with Gasteiger partial charge in [-0.15, -0.1) is 0 Å². The number of furan rings is 3. The van der Waals surface area contributed by atoms with E-state index in [0.717, 1.165) is 176 Å². The molecule has 0 amide bonds. The largest absolute Gasteiger partial charge is 0.455 e. The molecule has 0 aliphatic carbocycles. The summed E-state index contributed by atoms with van der Waals surface area (Å²) < 4.78 is 18.7. The fourth-order valence-corrected chi connectivity index (χ4v) is 17.8. The Labute approximate surface area is 781 Å². The zero-order valence-electron chi connectivity index (χ0n) is 72.8. The molecule has 0 fully saturated rings. The van der Waals surface area contributed by atoms with Crippen molar-refractivity contribution in [1.29, 1.82) is 0 Å². The first-order valence-corrected chi connectivity index (χ1v) is 44.8. The van der Waals surface area contributed by atoms with Crippen LogP contribution in [0.25, 0.3) is 268 Å². The molecule has 27 rings (SSSR count). The SMILES string of the molecule is c1ccc(-c2ccc(-c3nc(-c4ccccc4)nc(-c4ccc(-c5cc6cncnc6c6c5oc5ccccc56)cc4)n3)cc2)cc1.c1ccc(-c2ccc(-c3nc(-c4ccccc4)nc(-c4ccc5c(ccc6oc7nc8ccccc8nc7c65)c4)n3)cc2)cc1.c1ccc(-c2ccc(-c3nc(-c4ccccc4)nc(-c4ccc5c(ccc6oc7nc8cccnc8nc7c65)c4)n3)cc2)cc1. The maximum Gasteiger partial charge on any atom is 0.247 e. The lowest BCUT2D eigenvalue weighted by molar-refractivity contribution is 0.655. The van der Waals surface area contributed by atoms with Crippen LogP contribution >= 0.6 is 0 Å². The molecule has 0 aliphatic heterocycles. The summed E-state index contributed by atoms with van der Waals surface area (Å²) >= 11 is 0. The number of rotatable bonds is 13. The van der Waals surface area contributed by atoms with Gasteiger partial charge in [0, 0.05) is 78.8 Å². The van der Waals surface area contributed by atoms with Crippen molar-refractivity contribution in [3.63, 3.8) is 0 Å². The predicted octanol–water partition coefficient (Wildman–Crippen LogP) is 28.5. The van der Waals surface area contributed by atoms with Gasteiger partial charge in [0.05, 0.1) is 32.7 Å². The van der Waals surface area contributed by atoms with Crippen LogP contribution in [0.5, 0.6) is 0 Å². The molecule has 19 nitrogen and oxygen atoms in total. The first-order chi connectivity index (χ1) is 67.8. The van der Waals surface area contributed by atoms with Crippen LogP contribution in [0.2, 0.25) is 0 Å². The van der Waals surface area contributed by atoms with Crippen LogP contribution < -0.4 is 0 Å². The van der Waals surface area contributed by atoms with Crippen LogP contribution in [0.15, 0.2) is 438 Å². The van der Waals surface area contributed by atoms with E-state index < -0.39 is 0 Å². The smallest absolute Gasteiger partial charge is 0.247 e. The lowest BCUT2D eigenvalue weighted by atomic mass is 9.98. The lowest BCUT2D eigenvalue weighted by Gasteiger charge is -2.10. The number of aromatic nitrogens is 16. The average molecular weight is 1760 g/mol. The summed E-state index contributed by atoms with van der Waals surface area (Å²) in [6, 6.07) is 137. The van der Waals surface area contributed by atoms with E-state index >= 15 is 0 Å². The van der Waals surface area contributed by atoms with Gasteiger partial charge in [0.25, 0.3) is 0 Å². The number of pyridine rings is 1. The van der Waals surface area contributed by atoms with Gasteiger partial charge in [-0.1, -0.05) is 346 Å². The number of benzene rings is 17. The molecule has 0 radical (unpaired) electrons. The van der Waals surface area contributed by atoms with E-state index in [2.05, 4.69) is 202 Å². The van der Waals surface area contributed by atoms with Crippen LogP contribution in [0.3, 0.4) is 0 Å². The molecule has 10 aromatic heterocycles. The number of hydrogen-bond acceptors (Lipinski definition) is 19. The van der Waals surface area contributed by atoms with E-state index in [4.69, 9.17) is 73.1 Å². The summed E-state index contributed by atoms with van der Waals surface area (Å²) in [4.78, 5) is 76.9. The molecule has 0 N–H and O–H groups in total. The van der Waals surface area contributed by atoms with Crippen molar-refractivity contribution in [2.24, 2.45) is 0 Å². The summed E-state index contributed by atoms with van der Waals surface area (Å²) in [7, 11) is 0. The van der Waals surface area contributed by atoms with Gasteiger partial charge >= 0.3 is 0 Å². The minimum Gasteiger partial charge on any atom is -0.455 e. The van der Waals surface area contributed by atoms with E-state index in [1.807, 2.05) is 231 Å². The maximum atomic E-state index is 6.43. The normalized spacial score (nSPS) is 11.5.